The summed E-state index contributed by atoms with van der Waals surface area (Å²) in [5, 5.41) is 0. The Hall–Kier alpha value is -4.48. The number of methoxy groups -OCH3 is 2. The second-order valence-electron chi connectivity index (χ2n) is 6.96. The van der Waals surface area contributed by atoms with Crippen LogP contribution in [0.2, 0.25) is 0 Å². The molecule has 172 valence electrons. The lowest BCUT2D eigenvalue weighted by atomic mass is 10.1. The number of benzene rings is 2. The molecule has 34 heavy (non-hydrogen) atoms. The number of guanidine groups is 3. The largest absolute Gasteiger partial charge is 0.496 e. The van der Waals surface area contributed by atoms with Crippen LogP contribution in [0.5, 0.6) is 11.5 Å². The molecule has 10 nitrogen and oxygen atoms in total. The van der Waals surface area contributed by atoms with E-state index in [0.29, 0.717) is 17.7 Å². The van der Waals surface area contributed by atoms with Crippen LogP contribution in [0.4, 0.5) is 8.78 Å². The van der Waals surface area contributed by atoms with Crippen LogP contribution in [-0.2, 0) is 4.74 Å². The number of amidine groups is 3. The first-order valence-corrected chi connectivity index (χ1v) is 10.1. The third kappa shape index (κ3) is 3.68. The lowest BCUT2D eigenvalue weighted by Gasteiger charge is -2.30. The summed E-state index contributed by atoms with van der Waals surface area (Å²) in [7, 11) is 2.84. The van der Waals surface area contributed by atoms with Gasteiger partial charge in [-0.3, -0.25) is 0 Å². The molecule has 0 spiro atoms. The summed E-state index contributed by atoms with van der Waals surface area (Å²) in [6.45, 7) is 2.11. The van der Waals surface area contributed by atoms with Gasteiger partial charge in [-0.15, -0.1) is 0 Å². The van der Waals surface area contributed by atoms with E-state index in [2.05, 4.69) is 30.0 Å². The first kappa shape index (κ1) is 21.4. The monoisotopic (exact) mass is 465 g/mol. The maximum atomic E-state index is 13.8. The molecule has 0 saturated heterocycles. The summed E-state index contributed by atoms with van der Waals surface area (Å²) in [5.41, 5.74) is 0.860. The van der Waals surface area contributed by atoms with E-state index in [1.165, 1.54) is 55.5 Å². The predicted molar refractivity (Wildman–Crippen MR) is 122 cm³/mol. The van der Waals surface area contributed by atoms with Crippen LogP contribution < -0.4 is 9.47 Å². The standard InChI is InChI=1S/C22H17F2N7O3/c1-4-34-22-29-20-27-17(13-7-5-11(23)9-15(13)32-2)25-19-26-18(28-21(30-22)31(19)20)14-8-6-12(24)10-16(14)33-3/h5-10H,4H2,1-3H3. The fourth-order valence-corrected chi connectivity index (χ4v) is 3.40. The number of halogens is 2. The molecule has 0 amide bonds. The highest BCUT2D eigenvalue weighted by molar-refractivity contribution is 6.33. The maximum absolute atomic E-state index is 13.8. The van der Waals surface area contributed by atoms with Crippen molar-refractivity contribution in [3.63, 3.8) is 0 Å². The van der Waals surface area contributed by atoms with Crippen molar-refractivity contribution in [3.8, 4) is 11.5 Å². The summed E-state index contributed by atoms with van der Waals surface area (Å²) in [6, 6.07) is 8.05. The third-order valence-corrected chi connectivity index (χ3v) is 4.90. The van der Waals surface area contributed by atoms with Gasteiger partial charge in [0.2, 0.25) is 17.9 Å². The van der Waals surface area contributed by atoms with E-state index in [-0.39, 0.29) is 47.1 Å². The zero-order chi connectivity index (χ0) is 23.8. The average Bonchev–Trinajstić information content (AvgIpc) is 2.83. The quantitative estimate of drug-likeness (QED) is 0.677. The SMILES string of the molecule is CCOC1=NC2=NC(c3ccc(F)cc3OC)=NC3=NC(c4ccc(F)cc4OC)=NC(=N1)N23. The molecule has 2 aromatic carbocycles. The van der Waals surface area contributed by atoms with Crippen LogP contribution in [0, 0.1) is 11.6 Å². The molecule has 0 bridgehead atoms. The van der Waals surface area contributed by atoms with E-state index >= 15 is 0 Å². The molecule has 2 aromatic rings. The van der Waals surface area contributed by atoms with Crippen LogP contribution >= 0.6 is 0 Å². The van der Waals surface area contributed by atoms with Crippen molar-refractivity contribution in [2.75, 3.05) is 20.8 Å². The number of ether oxygens (including phenoxy) is 3. The van der Waals surface area contributed by atoms with Gasteiger partial charge in [0.15, 0.2) is 11.7 Å². The van der Waals surface area contributed by atoms with Crippen LogP contribution in [0.3, 0.4) is 0 Å². The highest BCUT2D eigenvalue weighted by atomic mass is 19.1. The number of rotatable bonds is 5. The Morgan fingerprint density at radius 2 is 1.21 bits per heavy atom. The van der Waals surface area contributed by atoms with Gasteiger partial charge in [-0.2, -0.15) is 30.0 Å². The zero-order valence-electron chi connectivity index (χ0n) is 18.3. The molecule has 0 aliphatic carbocycles. The molecule has 12 heteroatoms. The summed E-state index contributed by atoms with van der Waals surface area (Å²) in [5.74, 6) is 0.396. The van der Waals surface area contributed by atoms with Gasteiger partial charge in [0.05, 0.1) is 32.0 Å². The van der Waals surface area contributed by atoms with Crippen molar-refractivity contribution in [1.29, 1.82) is 0 Å². The van der Waals surface area contributed by atoms with E-state index in [0.717, 1.165) is 0 Å². The lowest BCUT2D eigenvalue weighted by molar-refractivity contribution is 0.321. The number of hydrogen-bond donors (Lipinski definition) is 0. The second-order valence-corrected chi connectivity index (χ2v) is 6.96. The van der Waals surface area contributed by atoms with Crippen LogP contribution in [0.25, 0.3) is 0 Å². The first-order valence-electron chi connectivity index (χ1n) is 10.1. The van der Waals surface area contributed by atoms with Crippen LogP contribution in [0.15, 0.2) is 66.4 Å². The van der Waals surface area contributed by atoms with E-state index in [1.807, 2.05) is 0 Å². The van der Waals surface area contributed by atoms with Gasteiger partial charge in [0.1, 0.15) is 23.1 Å². The summed E-state index contributed by atoms with van der Waals surface area (Å²) >= 11 is 0. The van der Waals surface area contributed by atoms with Crippen molar-refractivity contribution in [1.82, 2.24) is 4.90 Å². The Bertz CT molecular complexity index is 1330. The maximum Gasteiger partial charge on any atom is 0.323 e. The average molecular weight is 465 g/mol. The molecule has 0 saturated carbocycles. The van der Waals surface area contributed by atoms with E-state index in [1.54, 1.807) is 6.92 Å². The van der Waals surface area contributed by atoms with Gasteiger partial charge in [-0.25, -0.2) is 13.7 Å². The fourth-order valence-electron chi connectivity index (χ4n) is 3.40. The smallest absolute Gasteiger partial charge is 0.323 e. The number of aliphatic imine (C=N–C) groups is 6. The fraction of sp³-hybridized carbons (Fsp3) is 0.182. The summed E-state index contributed by atoms with van der Waals surface area (Å²) in [4.78, 5) is 28.1. The Morgan fingerprint density at radius 3 is 1.71 bits per heavy atom. The van der Waals surface area contributed by atoms with Gasteiger partial charge in [0, 0.05) is 12.1 Å². The van der Waals surface area contributed by atoms with Gasteiger partial charge in [-0.1, -0.05) is 0 Å². The topological polar surface area (TPSA) is 105 Å². The van der Waals surface area contributed by atoms with Crippen molar-refractivity contribution in [2.45, 2.75) is 6.92 Å². The van der Waals surface area contributed by atoms with E-state index in [4.69, 9.17) is 14.2 Å². The number of hydrogen-bond acceptors (Lipinski definition) is 10. The van der Waals surface area contributed by atoms with Crippen LogP contribution in [0.1, 0.15) is 18.1 Å². The third-order valence-electron chi connectivity index (χ3n) is 4.90. The van der Waals surface area contributed by atoms with E-state index in [9.17, 15) is 8.78 Å². The summed E-state index contributed by atoms with van der Waals surface area (Å²) < 4.78 is 43.6. The molecule has 0 N–H and O–H groups in total. The minimum absolute atomic E-state index is 0.0512. The molecular weight excluding hydrogens is 448 g/mol. The highest BCUT2D eigenvalue weighted by Crippen LogP contribution is 2.28. The lowest BCUT2D eigenvalue weighted by Crippen LogP contribution is -2.48. The van der Waals surface area contributed by atoms with Crippen molar-refractivity contribution < 1.29 is 23.0 Å². The van der Waals surface area contributed by atoms with Crippen molar-refractivity contribution in [2.24, 2.45) is 30.0 Å². The number of nitrogens with zero attached hydrogens (tertiary/aromatic N) is 7. The Balaban J connectivity index is 1.69. The molecule has 0 atom stereocenters. The molecular formula is C22H17F2N7O3. The molecule has 3 aliphatic heterocycles. The molecule has 3 heterocycles. The van der Waals surface area contributed by atoms with E-state index < -0.39 is 11.6 Å². The van der Waals surface area contributed by atoms with Crippen molar-refractivity contribution >= 4 is 35.6 Å². The minimum Gasteiger partial charge on any atom is -0.496 e. The zero-order valence-corrected chi connectivity index (χ0v) is 18.3. The Morgan fingerprint density at radius 1 is 0.706 bits per heavy atom. The van der Waals surface area contributed by atoms with Gasteiger partial charge >= 0.3 is 6.02 Å². The molecule has 5 rings (SSSR count). The molecule has 0 unspecified atom stereocenters. The minimum atomic E-state index is -0.470. The molecule has 0 radical (unpaired) electrons. The second kappa shape index (κ2) is 8.46. The Labute approximate surface area is 192 Å². The Kier molecular flexibility index (Phi) is 5.32. The predicted octanol–water partition coefficient (Wildman–Crippen LogP) is 2.98. The van der Waals surface area contributed by atoms with Gasteiger partial charge in [0.25, 0.3) is 0 Å². The normalized spacial score (nSPS) is 16.3. The van der Waals surface area contributed by atoms with Gasteiger partial charge < -0.3 is 14.2 Å². The van der Waals surface area contributed by atoms with Crippen LogP contribution in [-0.4, -0.2) is 61.3 Å². The van der Waals surface area contributed by atoms with Gasteiger partial charge in [-0.05, 0) is 31.2 Å². The highest BCUT2D eigenvalue weighted by Gasteiger charge is 2.36. The molecule has 0 fully saturated rings. The molecule has 0 aromatic heterocycles. The molecule has 3 aliphatic rings. The first-order chi connectivity index (χ1) is 16.5. The summed E-state index contributed by atoms with van der Waals surface area (Å²) in [6.07, 6.45) is 0. The van der Waals surface area contributed by atoms with Crippen molar-refractivity contribution in [3.05, 3.63) is 59.2 Å².